The molecule has 0 aliphatic carbocycles. The molecule has 0 fully saturated rings. The minimum atomic E-state index is -0.609. The highest BCUT2D eigenvalue weighted by atomic mass is 19.1. The Labute approximate surface area is 106 Å². The van der Waals surface area contributed by atoms with E-state index in [1.54, 1.807) is 4.90 Å². The summed E-state index contributed by atoms with van der Waals surface area (Å²) in [6.45, 7) is 5.56. The van der Waals surface area contributed by atoms with Crippen LogP contribution in [0, 0.1) is 11.6 Å². The van der Waals surface area contributed by atoms with Gasteiger partial charge in [-0.1, -0.05) is 0 Å². The van der Waals surface area contributed by atoms with Gasteiger partial charge in [0.25, 0.3) is 0 Å². The Morgan fingerprint density at radius 1 is 1.17 bits per heavy atom. The predicted octanol–water partition coefficient (Wildman–Crippen LogP) is 1.92. The molecule has 1 rings (SSSR count). The topological polar surface area (TPSA) is 32.3 Å². The number of likely N-dealkylation sites (N-methyl/N-ethyl adjacent to an activating group) is 1. The van der Waals surface area contributed by atoms with E-state index in [4.69, 9.17) is 0 Å². The maximum atomic E-state index is 12.9. The van der Waals surface area contributed by atoms with Crippen LogP contribution in [-0.2, 0) is 11.3 Å². The van der Waals surface area contributed by atoms with Crippen molar-refractivity contribution >= 4 is 5.91 Å². The summed E-state index contributed by atoms with van der Waals surface area (Å²) in [4.78, 5) is 13.3. The van der Waals surface area contributed by atoms with Gasteiger partial charge in [0.15, 0.2) is 0 Å². The molecule has 18 heavy (non-hydrogen) atoms. The van der Waals surface area contributed by atoms with Gasteiger partial charge in [-0.3, -0.25) is 4.79 Å². The summed E-state index contributed by atoms with van der Waals surface area (Å²) in [5, 5.41) is 2.88. The van der Waals surface area contributed by atoms with Crippen molar-refractivity contribution in [2.45, 2.75) is 20.4 Å². The summed E-state index contributed by atoms with van der Waals surface area (Å²) in [6.07, 6.45) is 0. The third-order valence-corrected chi connectivity index (χ3v) is 2.64. The molecule has 100 valence electrons. The molecule has 5 heteroatoms. The number of nitrogens with zero attached hydrogens (tertiary/aromatic N) is 1. The molecule has 0 spiro atoms. The van der Waals surface area contributed by atoms with Crippen LogP contribution in [0.1, 0.15) is 19.4 Å². The van der Waals surface area contributed by atoms with Gasteiger partial charge in [0, 0.05) is 25.7 Å². The Bertz CT molecular complexity index is 386. The first-order valence-corrected chi connectivity index (χ1v) is 6.00. The molecule has 0 saturated carbocycles. The van der Waals surface area contributed by atoms with Gasteiger partial charge >= 0.3 is 0 Å². The highest BCUT2D eigenvalue weighted by molar-refractivity contribution is 5.78. The van der Waals surface area contributed by atoms with Crippen molar-refractivity contribution in [1.82, 2.24) is 10.2 Å². The van der Waals surface area contributed by atoms with Gasteiger partial charge < -0.3 is 10.2 Å². The fraction of sp³-hybridized carbons (Fsp3) is 0.462. The second-order valence-corrected chi connectivity index (χ2v) is 3.95. The SMILES string of the molecule is CCN(CC)C(=O)CNCc1cc(F)cc(F)c1. The number of rotatable bonds is 6. The molecule has 0 aromatic heterocycles. The van der Waals surface area contributed by atoms with Crippen molar-refractivity contribution in [2.24, 2.45) is 0 Å². The molecule has 1 amide bonds. The molecule has 0 aliphatic heterocycles. The van der Waals surface area contributed by atoms with Crippen molar-refractivity contribution in [3.63, 3.8) is 0 Å². The van der Waals surface area contributed by atoms with E-state index in [1.165, 1.54) is 12.1 Å². The van der Waals surface area contributed by atoms with Gasteiger partial charge in [0.2, 0.25) is 5.91 Å². The van der Waals surface area contributed by atoms with Crippen molar-refractivity contribution in [1.29, 1.82) is 0 Å². The van der Waals surface area contributed by atoms with E-state index in [-0.39, 0.29) is 19.0 Å². The molecule has 0 saturated heterocycles. The molecule has 1 aromatic carbocycles. The smallest absolute Gasteiger partial charge is 0.236 e. The second kappa shape index (κ2) is 7.06. The molecule has 1 N–H and O–H groups in total. The van der Waals surface area contributed by atoms with E-state index < -0.39 is 11.6 Å². The highest BCUT2D eigenvalue weighted by Crippen LogP contribution is 2.07. The summed E-state index contributed by atoms with van der Waals surface area (Å²) >= 11 is 0. The summed E-state index contributed by atoms with van der Waals surface area (Å²) in [7, 11) is 0. The molecule has 0 heterocycles. The first kappa shape index (κ1) is 14.6. The van der Waals surface area contributed by atoms with E-state index in [2.05, 4.69) is 5.32 Å². The van der Waals surface area contributed by atoms with Gasteiger partial charge in [0.1, 0.15) is 11.6 Å². The van der Waals surface area contributed by atoms with Gasteiger partial charge in [-0.25, -0.2) is 8.78 Å². The molecule has 0 radical (unpaired) electrons. The minimum absolute atomic E-state index is 0.0168. The van der Waals surface area contributed by atoms with E-state index in [0.29, 0.717) is 18.7 Å². The van der Waals surface area contributed by atoms with Gasteiger partial charge in [-0.2, -0.15) is 0 Å². The summed E-state index contributed by atoms with van der Waals surface area (Å²) in [5.41, 5.74) is 0.486. The fourth-order valence-electron chi connectivity index (χ4n) is 1.71. The Kier molecular flexibility index (Phi) is 5.71. The normalized spacial score (nSPS) is 10.4. The summed E-state index contributed by atoms with van der Waals surface area (Å²) in [5.74, 6) is -1.24. The summed E-state index contributed by atoms with van der Waals surface area (Å²) in [6, 6.07) is 3.32. The molecule has 1 aromatic rings. The second-order valence-electron chi connectivity index (χ2n) is 3.95. The number of halogens is 2. The van der Waals surface area contributed by atoms with Crippen molar-refractivity contribution in [3.8, 4) is 0 Å². The lowest BCUT2D eigenvalue weighted by atomic mass is 10.2. The van der Waals surface area contributed by atoms with Gasteiger partial charge in [0.05, 0.1) is 6.54 Å². The first-order chi connectivity index (χ1) is 8.56. The number of benzene rings is 1. The van der Waals surface area contributed by atoms with E-state index >= 15 is 0 Å². The van der Waals surface area contributed by atoms with Crippen molar-refractivity contribution < 1.29 is 13.6 Å². The number of hydrogen-bond donors (Lipinski definition) is 1. The van der Waals surface area contributed by atoms with Crippen LogP contribution in [0.4, 0.5) is 8.78 Å². The molecular formula is C13H18F2N2O. The van der Waals surface area contributed by atoms with Crippen LogP contribution in [0.25, 0.3) is 0 Å². The zero-order valence-corrected chi connectivity index (χ0v) is 10.7. The quantitative estimate of drug-likeness (QED) is 0.843. The van der Waals surface area contributed by atoms with Crippen molar-refractivity contribution in [2.75, 3.05) is 19.6 Å². The van der Waals surface area contributed by atoms with Crippen LogP contribution in [-0.4, -0.2) is 30.4 Å². The zero-order chi connectivity index (χ0) is 13.5. The number of amides is 1. The lowest BCUT2D eigenvalue weighted by molar-refractivity contribution is -0.129. The van der Waals surface area contributed by atoms with Crippen LogP contribution in [0.3, 0.4) is 0 Å². The third kappa shape index (κ3) is 4.41. The predicted molar refractivity (Wildman–Crippen MR) is 66.0 cm³/mol. The van der Waals surface area contributed by atoms with Crippen LogP contribution < -0.4 is 5.32 Å². The van der Waals surface area contributed by atoms with Crippen LogP contribution in [0.15, 0.2) is 18.2 Å². The maximum Gasteiger partial charge on any atom is 0.236 e. The zero-order valence-electron chi connectivity index (χ0n) is 10.7. The number of nitrogens with one attached hydrogen (secondary N) is 1. The first-order valence-electron chi connectivity index (χ1n) is 6.00. The van der Waals surface area contributed by atoms with Crippen LogP contribution in [0.2, 0.25) is 0 Å². The maximum absolute atomic E-state index is 12.9. The molecular weight excluding hydrogens is 238 g/mol. The molecule has 0 unspecified atom stereocenters. The highest BCUT2D eigenvalue weighted by Gasteiger charge is 2.08. The monoisotopic (exact) mass is 256 g/mol. The number of carbonyl (C=O) groups is 1. The Morgan fingerprint density at radius 3 is 2.22 bits per heavy atom. The third-order valence-electron chi connectivity index (χ3n) is 2.64. The van der Waals surface area contributed by atoms with Gasteiger partial charge in [-0.05, 0) is 31.5 Å². The summed E-state index contributed by atoms with van der Waals surface area (Å²) < 4.78 is 25.8. The lowest BCUT2D eigenvalue weighted by Crippen LogP contribution is -2.37. The largest absolute Gasteiger partial charge is 0.342 e. The fourth-order valence-corrected chi connectivity index (χ4v) is 1.71. The Balaban J connectivity index is 2.44. The van der Waals surface area contributed by atoms with E-state index in [0.717, 1.165) is 6.07 Å². The molecule has 0 bridgehead atoms. The standard InChI is InChI=1S/C13H18F2N2O/c1-3-17(4-2)13(18)9-16-8-10-5-11(14)7-12(15)6-10/h5-7,16H,3-4,8-9H2,1-2H3. The van der Waals surface area contributed by atoms with E-state index in [9.17, 15) is 13.6 Å². The average molecular weight is 256 g/mol. The van der Waals surface area contributed by atoms with Crippen molar-refractivity contribution in [3.05, 3.63) is 35.4 Å². The lowest BCUT2D eigenvalue weighted by Gasteiger charge is -2.18. The number of hydrogen-bond acceptors (Lipinski definition) is 2. The van der Waals surface area contributed by atoms with Crippen LogP contribution >= 0.6 is 0 Å². The average Bonchev–Trinajstić information content (AvgIpc) is 2.29. The molecule has 0 aliphatic rings. The van der Waals surface area contributed by atoms with Gasteiger partial charge in [-0.15, -0.1) is 0 Å². The molecule has 0 atom stereocenters. The Hall–Kier alpha value is -1.49. The van der Waals surface area contributed by atoms with Crippen LogP contribution in [0.5, 0.6) is 0 Å². The minimum Gasteiger partial charge on any atom is -0.342 e. The van der Waals surface area contributed by atoms with E-state index in [1.807, 2.05) is 13.8 Å². The Morgan fingerprint density at radius 2 is 1.72 bits per heavy atom. The molecule has 3 nitrogen and oxygen atoms in total. The number of carbonyl (C=O) groups excluding carboxylic acids is 1.